The molecule has 0 N–H and O–H groups in total. The first-order chi connectivity index (χ1) is 6.75. The van der Waals surface area contributed by atoms with Gasteiger partial charge in [0.25, 0.3) is 0 Å². The molecule has 76 valence electrons. The second-order valence-corrected chi connectivity index (χ2v) is 4.07. The van der Waals surface area contributed by atoms with Gasteiger partial charge in [0.1, 0.15) is 5.78 Å². The largest absolute Gasteiger partial charge is 0.338 e. The molecule has 1 amide bonds. The molecule has 1 aliphatic carbocycles. The van der Waals surface area contributed by atoms with Crippen molar-refractivity contribution in [1.29, 1.82) is 0 Å². The van der Waals surface area contributed by atoms with Crippen molar-refractivity contribution in [2.24, 2.45) is 5.92 Å². The van der Waals surface area contributed by atoms with Crippen LogP contribution in [0, 0.1) is 5.92 Å². The fourth-order valence-electron chi connectivity index (χ4n) is 1.62. The minimum absolute atomic E-state index is 0.0123. The molecule has 3 heteroatoms. The molecule has 1 saturated heterocycles. The Bertz CT molecular complexity index is 279. The third kappa shape index (κ3) is 2.44. The van der Waals surface area contributed by atoms with Crippen LogP contribution in [-0.2, 0) is 9.59 Å². The van der Waals surface area contributed by atoms with Crippen LogP contribution >= 0.6 is 0 Å². The molecule has 0 radical (unpaired) electrons. The van der Waals surface area contributed by atoms with E-state index in [1.807, 2.05) is 0 Å². The highest BCUT2D eigenvalue weighted by molar-refractivity contribution is 6.00. The molecule has 1 heterocycles. The van der Waals surface area contributed by atoms with E-state index in [0.29, 0.717) is 19.5 Å². The third-order valence-electron chi connectivity index (χ3n) is 2.72. The molecule has 0 aromatic rings. The van der Waals surface area contributed by atoms with Gasteiger partial charge in [-0.3, -0.25) is 9.59 Å². The lowest BCUT2D eigenvalue weighted by molar-refractivity contribution is -0.138. The molecular formula is C11H15NO2. The molecule has 2 rings (SSSR count). The van der Waals surface area contributed by atoms with Gasteiger partial charge in [-0.15, -0.1) is 0 Å². The molecule has 0 atom stereocenters. The molecule has 0 unspecified atom stereocenters. The van der Waals surface area contributed by atoms with Gasteiger partial charge in [-0.2, -0.15) is 0 Å². The molecule has 0 spiro atoms. The summed E-state index contributed by atoms with van der Waals surface area (Å²) in [4.78, 5) is 24.1. The predicted molar refractivity (Wildman–Crippen MR) is 52.7 cm³/mol. The van der Waals surface area contributed by atoms with Crippen LogP contribution in [0.5, 0.6) is 0 Å². The van der Waals surface area contributed by atoms with Crippen LogP contribution < -0.4 is 0 Å². The van der Waals surface area contributed by atoms with Crippen LogP contribution in [0.2, 0.25) is 0 Å². The summed E-state index contributed by atoms with van der Waals surface area (Å²) in [7, 11) is 0. The first-order valence-corrected chi connectivity index (χ1v) is 5.22. The van der Waals surface area contributed by atoms with Gasteiger partial charge in [0, 0.05) is 19.5 Å². The summed E-state index contributed by atoms with van der Waals surface area (Å²) in [6.07, 6.45) is 7.47. The number of carbonyl (C=O) groups is 2. The fraction of sp³-hybridized carbons (Fsp3) is 0.636. The van der Waals surface area contributed by atoms with Crippen LogP contribution in [0.15, 0.2) is 12.2 Å². The van der Waals surface area contributed by atoms with Gasteiger partial charge in [-0.1, -0.05) is 12.2 Å². The second kappa shape index (κ2) is 3.95. The Hall–Kier alpha value is -1.12. The lowest BCUT2D eigenvalue weighted by atomic mass is 10.1. The number of likely N-dealkylation sites (tertiary alicyclic amines) is 1. The van der Waals surface area contributed by atoms with Gasteiger partial charge >= 0.3 is 0 Å². The predicted octanol–water partition coefficient (Wildman–Crippen LogP) is 1.14. The normalized spacial score (nSPS) is 23.6. The van der Waals surface area contributed by atoms with Crippen molar-refractivity contribution < 1.29 is 9.59 Å². The maximum Gasteiger partial charge on any atom is 0.230 e. The number of piperidine rings is 1. The minimum Gasteiger partial charge on any atom is -0.338 e. The lowest BCUT2D eigenvalue weighted by Gasteiger charge is -2.24. The van der Waals surface area contributed by atoms with Crippen molar-refractivity contribution >= 4 is 11.7 Å². The van der Waals surface area contributed by atoms with E-state index in [4.69, 9.17) is 0 Å². The Labute approximate surface area is 83.8 Å². The Morgan fingerprint density at radius 3 is 2.79 bits per heavy atom. The average molecular weight is 193 g/mol. The van der Waals surface area contributed by atoms with E-state index in [1.165, 1.54) is 12.8 Å². The second-order valence-electron chi connectivity index (χ2n) is 4.07. The molecule has 3 nitrogen and oxygen atoms in total. The molecule has 2 aliphatic rings. The highest BCUT2D eigenvalue weighted by Crippen LogP contribution is 2.29. The van der Waals surface area contributed by atoms with E-state index < -0.39 is 0 Å². The Morgan fingerprint density at radius 1 is 1.36 bits per heavy atom. The zero-order valence-corrected chi connectivity index (χ0v) is 8.24. The molecule has 0 aromatic carbocycles. The van der Waals surface area contributed by atoms with E-state index in [9.17, 15) is 9.59 Å². The van der Waals surface area contributed by atoms with Gasteiger partial charge in [0.2, 0.25) is 5.91 Å². The number of hydrogen-bond acceptors (Lipinski definition) is 2. The van der Waals surface area contributed by atoms with Crippen molar-refractivity contribution in [2.45, 2.75) is 25.7 Å². The summed E-state index contributed by atoms with van der Waals surface area (Å²) < 4.78 is 0. The zero-order chi connectivity index (χ0) is 9.97. The summed E-state index contributed by atoms with van der Waals surface area (Å²) in [5.74, 6) is 0.829. The van der Waals surface area contributed by atoms with Crippen LogP contribution in [0.3, 0.4) is 0 Å². The number of Topliss-reactive ketones (excluding diaryl/α,β-unsaturated/α-hetero) is 1. The average Bonchev–Trinajstić information content (AvgIpc) is 2.92. The van der Waals surface area contributed by atoms with Gasteiger partial charge in [0.05, 0.1) is 6.42 Å². The number of carbonyl (C=O) groups excluding carboxylic acids is 2. The van der Waals surface area contributed by atoms with Crippen molar-refractivity contribution in [3.05, 3.63) is 12.2 Å². The number of amides is 1. The molecule has 0 aromatic heterocycles. The molecule has 14 heavy (non-hydrogen) atoms. The lowest BCUT2D eigenvalue weighted by Crippen LogP contribution is -2.38. The smallest absolute Gasteiger partial charge is 0.230 e. The zero-order valence-electron chi connectivity index (χ0n) is 8.24. The van der Waals surface area contributed by atoms with E-state index in [1.54, 1.807) is 4.90 Å². The molecule has 0 bridgehead atoms. The van der Waals surface area contributed by atoms with Gasteiger partial charge in [-0.25, -0.2) is 0 Å². The Balaban J connectivity index is 1.79. The molecular weight excluding hydrogens is 178 g/mol. The number of ketones is 1. The SMILES string of the molecule is O=C1CCN(C/C=C/C2CC2)C(=O)C1. The Morgan fingerprint density at radius 2 is 2.14 bits per heavy atom. The van der Waals surface area contributed by atoms with Gasteiger partial charge in [-0.05, 0) is 18.8 Å². The van der Waals surface area contributed by atoms with Crippen molar-refractivity contribution in [3.8, 4) is 0 Å². The van der Waals surface area contributed by atoms with Gasteiger partial charge in [0.15, 0.2) is 0 Å². The quantitative estimate of drug-likeness (QED) is 0.498. The molecule has 1 saturated carbocycles. The monoisotopic (exact) mass is 193 g/mol. The maximum atomic E-state index is 11.4. The van der Waals surface area contributed by atoms with Crippen LogP contribution in [0.4, 0.5) is 0 Å². The number of nitrogens with zero attached hydrogens (tertiary/aromatic N) is 1. The summed E-state index contributed by atoms with van der Waals surface area (Å²) in [5.41, 5.74) is 0. The van der Waals surface area contributed by atoms with E-state index in [-0.39, 0.29) is 18.1 Å². The summed E-state index contributed by atoms with van der Waals surface area (Å²) in [5, 5.41) is 0. The summed E-state index contributed by atoms with van der Waals surface area (Å²) >= 11 is 0. The Kier molecular flexibility index (Phi) is 2.66. The summed E-state index contributed by atoms with van der Waals surface area (Å²) in [6.45, 7) is 1.29. The standard InChI is InChI=1S/C11H15NO2/c13-10-5-7-12(11(14)8-10)6-1-2-9-3-4-9/h1-2,9H,3-8H2/b2-1+. The fourth-order valence-corrected chi connectivity index (χ4v) is 1.62. The van der Waals surface area contributed by atoms with E-state index >= 15 is 0 Å². The number of rotatable bonds is 3. The first-order valence-electron chi connectivity index (χ1n) is 5.22. The van der Waals surface area contributed by atoms with Crippen LogP contribution in [0.25, 0.3) is 0 Å². The topological polar surface area (TPSA) is 37.4 Å². The van der Waals surface area contributed by atoms with E-state index in [2.05, 4.69) is 12.2 Å². The molecule has 2 fully saturated rings. The molecule has 1 aliphatic heterocycles. The van der Waals surface area contributed by atoms with Crippen LogP contribution in [0.1, 0.15) is 25.7 Å². The summed E-state index contributed by atoms with van der Waals surface area (Å²) in [6, 6.07) is 0. The highest BCUT2D eigenvalue weighted by Gasteiger charge is 2.23. The first kappa shape index (κ1) is 9.44. The van der Waals surface area contributed by atoms with Crippen molar-refractivity contribution in [1.82, 2.24) is 4.90 Å². The highest BCUT2D eigenvalue weighted by atomic mass is 16.2. The van der Waals surface area contributed by atoms with Crippen molar-refractivity contribution in [2.75, 3.05) is 13.1 Å². The van der Waals surface area contributed by atoms with E-state index in [0.717, 1.165) is 5.92 Å². The number of hydrogen-bond donors (Lipinski definition) is 0. The maximum absolute atomic E-state index is 11.4. The van der Waals surface area contributed by atoms with Gasteiger partial charge < -0.3 is 4.90 Å². The minimum atomic E-state index is -0.0123. The van der Waals surface area contributed by atoms with Crippen LogP contribution in [-0.4, -0.2) is 29.7 Å². The number of allylic oxidation sites excluding steroid dienone is 1. The third-order valence-corrected chi connectivity index (χ3v) is 2.72. The van der Waals surface area contributed by atoms with Crippen molar-refractivity contribution in [3.63, 3.8) is 0 Å².